The molecule has 2 N–H and O–H groups in total. The maximum atomic E-state index is 12.6. The number of hydrogen-bond donors (Lipinski definition) is 1. The van der Waals surface area contributed by atoms with Gasteiger partial charge in [0.25, 0.3) is 0 Å². The van der Waals surface area contributed by atoms with Crippen molar-refractivity contribution in [2.45, 2.75) is 19.3 Å². The fourth-order valence-electron chi connectivity index (χ4n) is 1.74. The average molecular weight is 255 g/mol. The molecule has 6 heteroatoms. The van der Waals surface area contributed by atoms with Gasteiger partial charge in [-0.1, -0.05) is 24.3 Å². The number of nitrogens with two attached hydrogens (primary N) is 1. The number of imidazole rings is 1. The molecule has 0 spiro atoms. The van der Waals surface area contributed by atoms with Gasteiger partial charge in [0, 0.05) is 25.5 Å². The molecule has 1 aromatic heterocycles. The zero-order valence-electron chi connectivity index (χ0n) is 9.48. The highest BCUT2D eigenvalue weighted by Crippen LogP contribution is 2.28. The topological polar surface area (TPSA) is 43.8 Å². The van der Waals surface area contributed by atoms with Gasteiger partial charge in [-0.3, -0.25) is 0 Å². The van der Waals surface area contributed by atoms with Crippen LogP contribution in [-0.2, 0) is 19.3 Å². The standard InChI is InChI=1S/C12H12F3N3/c13-12(14,15)11-17-4-5-18(11)8-10-3-1-2-9(6-10)7-16/h1-6H,7-8,16H2. The fourth-order valence-corrected chi connectivity index (χ4v) is 1.74. The summed E-state index contributed by atoms with van der Waals surface area (Å²) in [5.74, 6) is -0.888. The van der Waals surface area contributed by atoms with Gasteiger partial charge in [-0.15, -0.1) is 0 Å². The zero-order valence-corrected chi connectivity index (χ0v) is 9.48. The minimum absolute atomic E-state index is 0.128. The Morgan fingerprint density at radius 2 is 1.94 bits per heavy atom. The number of benzene rings is 1. The number of hydrogen-bond acceptors (Lipinski definition) is 2. The number of nitrogens with zero attached hydrogens (tertiary/aromatic N) is 2. The highest BCUT2D eigenvalue weighted by Gasteiger charge is 2.35. The Morgan fingerprint density at radius 1 is 1.22 bits per heavy atom. The van der Waals surface area contributed by atoms with Gasteiger partial charge in [-0.25, -0.2) is 4.98 Å². The van der Waals surface area contributed by atoms with Gasteiger partial charge in [0.15, 0.2) is 0 Å². The first-order chi connectivity index (χ1) is 8.50. The summed E-state index contributed by atoms with van der Waals surface area (Å²) in [6, 6.07) is 7.17. The van der Waals surface area contributed by atoms with Crippen LogP contribution in [0.15, 0.2) is 36.7 Å². The molecule has 0 aliphatic carbocycles. The molecule has 1 heterocycles. The molecule has 0 aliphatic heterocycles. The molecule has 0 unspecified atom stereocenters. The molecular formula is C12H12F3N3. The SMILES string of the molecule is NCc1cccc(Cn2ccnc2C(F)(F)F)c1. The number of rotatable bonds is 3. The summed E-state index contributed by atoms with van der Waals surface area (Å²) < 4.78 is 39.0. The maximum absolute atomic E-state index is 12.6. The third-order valence-corrected chi connectivity index (χ3v) is 2.55. The second-order valence-electron chi connectivity index (χ2n) is 3.90. The minimum Gasteiger partial charge on any atom is -0.326 e. The van der Waals surface area contributed by atoms with Crippen molar-refractivity contribution in [3.8, 4) is 0 Å². The Bertz CT molecular complexity index is 531. The van der Waals surface area contributed by atoms with Crippen LogP contribution in [0.2, 0.25) is 0 Å². The van der Waals surface area contributed by atoms with Gasteiger partial charge in [0.2, 0.25) is 5.82 Å². The first-order valence-electron chi connectivity index (χ1n) is 5.37. The molecule has 0 saturated carbocycles. The molecule has 0 radical (unpaired) electrons. The van der Waals surface area contributed by atoms with Crippen molar-refractivity contribution in [2.75, 3.05) is 0 Å². The highest BCUT2D eigenvalue weighted by molar-refractivity contribution is 5.24. The van der Waals surface area contributed by atoms with E-state index in [4.69, 9.17) is 5.73 Å². The van der Waals surface area contributed by atoms with Crippen molar-refractivity contribution in [3.05, 3.63) is 53.6 Å². The molecule has 2 rings (SSSR count). The lowest BCUT2D eigenvalue weighted by molar-refractivity contribution is -0.147. The van der Waals surface area contributed by atoms with Crippen molar-refractivity contribution >= 4 is 0 Å². The fraction of sp³-hybridized carbons (Fsp3) is 0.250. The predicted octanol–water partition coefficient (Wildman–Crippen LogP) is 2.41. The van der Waals surface area contributed by atoms with Crippen molar-refractivity contribution in [1.82, 2.24) is 9.55 Å². The summed E-state index contributed by atoms with van der Waals surface area (Å²) in [7, 11) is 0. The molecule has 0 saturated heterocycles. The largest absolute Gasteiger partial charge is 0.449 e. The number of aromatic nitrogens is 2. The van der Waals surface area contributed by atoms with Crippen LogP contribution in [0.3, 0.4) is 0 Å². The Balaban J connectivity index is 2.26. The quantitative estimate of drug-likeness (QED) is 0.915. The zero-order chi connectivity index (χ0) is 13.2. The molecule has 0 fully saturated rings. The number of alkyl halides is 3. The summed E-state index contributed by atoms with van der Waals surface area (Å²) in [4.78, 5) is 3.34. The van der Waals surface area contributed by atoms with E-state index >= 15 is 0 Å². The van der Waals surface area contributed by atoms with Gasteiger partial charge in [0.05, 0.1) is 0 Å². The van der Waals surface area contributed by atoms with E-state index in [1.54, 1.807) is 18.2 Å². The first-order valence-corrected chi connectivity index (χ1v) is 5.37. The predicted molar refractivity (Wildman–Crippen MR) is 60.7 cm³/mol. The second kappa shape index (κ2) is 4.81. The van der Waals surface area contributed by atoms with Crippen LogP contribution in [-0.4, -0.2) is 9.55 Å². The van der Waals surface area contributed by atoms with Crippen molar-refractivity contribution in [3.63, 3.8) is 0 Å². The van der Waals surface area contributed by atoms with Gasteiger partial charge in [-0.2, -0.15) is 13.2 Å². The average Bonchev–Trinajstić information content (AvgIpc) is 2.77. The van der Waals surface area contributed by atoms with Crippen LogP contribution in [0.25, 0.3) is 0 Å². The van der Waals surface area contributed by atoms with Gasteiger partial charge in [0.1, 0.15) is 0 Å². The smallest absolute Gasteiger partial charge is 0.326 e. The molecule has 18 heavy (non-hydrogen) atoms. The molecule has 3 nitrogen and oxygen atoms in total. The van der Waals surface area contributed by atoms with E-state index < -0.39 is 12.0 Å². The monoisotopic (exact) mass is 255 g/mol. The van der Waals surface area contributed by atoms with Crippen LogP contribution in [0, 0.1) is 0 Å². The van der Waals surface area contributed by atoms with E-state index in [9.17, 15) is 13.2 Å². The molecule has 0 bridgehead atoms. The highest BCUT2D eigenvalue weighted by atomic mass is 19.4. The van der Waals surface area contributed by atoms with E-state index in [0.29, 0.717) is 6.54 Å². The Labute approximate surface area is 102 Å². The third kappa shape index (κ3) is 2.70. The van der Waals surface area contributed by atoms with E-state index in [0.717, 1.165) is 21.9 Å². The van der Waals surface area contributed by atoms with E-state index in [1.165, 1.54) is 6.20 Å². The lowest BCUT2D eigenvalue weighted by Gasteiger charge is -2.11. The first kappa shape index (κ1) is 12.6. The summed E-state index contributed by atoms with van der Waals surface area (Å²) in [5, 5.41) is 0. The lowest BCUT2D eigenvalue weighted by Crippen LogP contribution is -2.15. The normalized spacial score (nSPS) is 11.8. The van der Waals surface area contributed by atoms with E-state index in [1.807, 2.05) is 6.07 Å². The Kier molecular flexibility index (Phi) is 3.38. The Morgan fingerprint density at radius 3 is 2.61 bits per heavy atom. The number of halogens is 3. The van der Waals surface area contributed by atoms with E-state index in [-0.39, 0.29) is 6.54 Å². The molecule has 2 aromatic rings. The molecule has 0 amide bonds. The maximum Gasteiger partial charge on any atom is 0.449 e. The second-order valence-corrected chi connectivity index (χ2v) is 3.90. The van der Waals surface area contributed by atoms with Crippen molar-refractivity contribution in [2.24, 2.45) is 5.73 Å². The van der Waals surface area contributed by atoms with Gasteiger partial charge < -0.3 is 10.3 Å². The molecule has 1 aromatic carbocycles. The third-order valence-electron chi connectivity index (χ3n) is 2.55. The van der Waals surface area contributed by atoms with Crippen molar-refractivity contribution in [1.29, 1.82) is 0 Å². The van der Waals surface area contributed by atoms with Crippen LogP contribution < -0.4 is 5.73 Å². The summed E-state index contributed by atoms with van der Waals surface area (Å²) in [5.41, 5.74) is 7.15. The summed E-state index contributed by atoms with van der Waals surface area (Å²) >= 11 is 0. The summed E-state index contributed by atoms with van der Waals surface area (Å²) in [6.45, 7) is 0.493. The summed E-state index contributed by atoms with van der Waals surface area (Å²) in [6.07, 6.45) is -1.97. The van der Waals surface area contributed by atoms with Crippen LogP contribution in [0.4, 0.5) is 13.2 Å². The van der Waals surface area contributed by atoms with Gasteiger partial charge >= 0.3 is 6.18 Å². The molecule has 0 aliphatic rings. The van der Waals surface area contributed by atoms with E-state index in [2.05, 4.69) is 4.98 Å². The van der Waals surface area contributed by atoms with Crippen LogP contribution in [0.1, 0.15) is 17.0 Å². The van der Waals surface area contributed by atoms with Gasteiger partial charge in [-0.05, 0) is 11.1 Å². The van der Waals surface area contributed by atoms with Crippen molar-refractivity contribution < 1.29 is 13.2 Å². The van der Waals surface area contributed by atoms with Crippen LogP contribution in [0.5, 0.6) is 0 Å². The lowest BCUT2D eigenvalue weighted by atomic mass is 10.1. The minimum atomic E-state index is -4.44. The molecule has 96 valence electrons. The molecular weight excluding hydrogens is 243 g/mol. The Hall–Kier alpha value is -1.82. The van der Waals surface area contributed by atoms with Crippen LogP contribution >= 0.6 is 0 Å². The molecule has 0 atom stereocenters.